The van der Waals surface area contributed by atoms with E-state index in [1.807, 2.05) is 0 Å². The molecule has 1 fully saturated rings. The summed E-state index contributed by atoms with van der Waals surface area (Å²) in [6.07, 6.45) is 0.449. The Labute approximate surface area is 147 Å². The minimum Gasteiger partial charge on any atom is -0.497 e. The van der Waals surface area contributed by atoms with Crippen LogP contribution < -0.4 is 20.3 Å². The molecule has 1 aliphatic heterocycles. The molecule has 9 heteroatoms. The number of anilines is 1. The van der Waals surface area contributed by atoms with Crippen LogP contribution in [0.1, 0.15) is 6.42 Å². The maximum atomic E-state index is 12.0. The molecule has 0 aliphatic carbocycles. The molecule has 1 heterocycles. The van der Waals surface area contributed by atoms with Crippen LogP contribution in [0.25, 0.3) is 0 Å². The van der Waals surface area contributed by atoms with E-state index in [0.717, 1.165) is 0 Å². The fourth-order valence-corrected chi connectivity index (χ4v) is 4.35. The van der Waals surface area contributed by atoms with Gasteiger partial charge in [-0.2, -0.15) is 0 Å². The number of carbonyl (C=O) groups is 2. The third kappa shape index (κ3) is 6.35. The van der Waals surface area contributed by atoms with E-state index in [-0.39, 0.29) is 42.5 Å². The van der Waals surface area contributed by atoms with Gasteiger partial charge in [-0.05, 0) is 30.7 Å². The quantitative estimate of drug-likeness (QED) is 0.539. The largest absolute Gasteiger partial charge is 0.497 e. The van der Waals surface area contributed by atoms with Gasteiger partial charge in [0.15, 0.2) is 22.9 Å². The number of sulfone groups is 1. The second kappa shape index (κ2) is 8.30. The standard InChI is InChI=1S/C16H23N3O5S/c1-19(10-16(21)18-13-7-8-25(22,23)11-13)9-15(20)17-12-3-5-14(24-2)6-4-12/h3-6,13H,7-11H2,1-2H3,(H,17,20)(H,18,21)/p+1/t13-/m0/s1. The number of hydrogen-bond acceptors (Lipinski definition) is 5. The lowest BCUT2D eigenvalue weighted by Gasteiger charge is -2.15. The van der Waals surface area contributed by atoms with Crippen molar-refractivity contribution in [3.05, 3.63) is 24.3 Å². The fourth-order valence-electron chi connectivity index (χ4n) is 2.68. The topological polar surface area (TPSA) is 106 Å². The zero-order valence-corrected chi connectivity index (χ0v) is 15.2. The first-order valence-corrected chi connectivity index (χ1v) is 9.84. The zero-order chi connectivity index (χ0) is 18.4. The smallest absolute Gasteiger partial charge is 0.279 e. The summed E-state index contributed by atoms with van der Waals surface area (Å²) < 4.78 is 27.8. The molecule has 25 heavy (non-hydrogen) atoms. The molecule has 2 atom stereocenters. The van der Waals surface area contributed by atoms with Crippen LogP contribution in [0.2, 0.25) is 0 Å². The minimum absolute atomic E-state index is 0.00422. The summed E-state index contributed by atoms with van der Waals surface area (Å²) in [7, 11) is 0.279. The van der Waals surface area contributed by atoms with Gasteiger partial charge in [-0.1, -0.05) is 0 Å². The third-order valence-electron chi connectivity index (χ3n) is 3.90. The molecule has 0 aromatic heterocycles. The number of amides is 2. The van der Waals surface area contributed by atoms with Gasteiger partial charge < -0.3 is 20.3 Å². The molecule has 3 N–H and O–H groups in total. The van der Waals surface area contributed by atoms with Gasteiger partial charge in [-0.3, -0.25) is 9.59 Å². The summed E-state index contributed by atoms with van der Waals surface area (Å²) in [5, 5.41) is 5.47. The van der Waals surface area contributed by atoms with Gasteiger partial charge in [0.05, 0.1) is 25.7 Å². The normalized spacial score (nSPS) is 19.8. The number of hydrogen-bond donors (Lipinski definition) is 3. The van der Waals surface area contributed by atoms with Crippen LogP contribution in [0.3, 0.4) is 0 Å². The average molecular weight is 370 g/mol. The number of nitrogens with one attached hydrogen (secondary N) is 3. The van der Waals surface area contributed by atoms with Crippen molar-refractivity contribution in [3.8, 4) is 5.75 Å². The fraction of sp³-hybridized carbons (Fsp3) is 0.500. The number of carbonyl (C=O) groups excluding carboxylic acids is 2. The predicted molar refractivity (Wildman–Crippen MR) is 93.4 cm³/mol. The van der Waals surface area contributed by atoms with E-state index in [1.54, 1.807) is 38.4 Å². The summed E-state index contributed by atoms with van der Waals surface area (Å²) in [6, 6.07) is 6.64. The summed E-state index contributed by atoms with van der Waals surface area (Å²) in [4.78, 5) is 24.7. The van der Waals surface area contributed by atoms with E-state index in [9.17, 15) is 18.0 Å². The summed E-state index contributed by atoms with van der Waals surface area (Å²) in [5.74, 6) is 0.350. The summed E-state index contributed by atoms with van der Waals surface area (Å²) in [6.45, 7) is 0.231. The predicted octanol–water partition coefficient (Wildman–Crippen LogP) is -1.55. The van der Waals surface area contributed by atoms with Crippen molar-refractivity contribution in [2.75, 3.05) is 44.1 Å². The Morgan fingerprint density at radius 1 is 1.20 bits per heavy atom. The molecule has 2 rings (SSSR count). The molecule has 0 radical (unpaired) electrons. The maximum Gasteiger partial charge on any atom is 0.279 e. The molecule has 8 nitrogen and oxygen atoms in total. The van der Waals surface area contributed by atoms with Crippen LogP contribution in [0.4, 0.5) is 5.69 Å². The Bertz CT molecular complexity index is 718. The van der Waals surface area contributed by atoms with Crippen LogP contribution in [0.5, 0.6) is 5.75 Å². The van der Waals surface area contributed by atoms with E-state index >= 15 is 0 Å². The van der Waals surface area contributed by atoms with Crippen LogP contribution >= 0.6 is 0 Å². The molecule has 0 saturated carbocycles. The molecule has 1 aliphatic rings. The van der Waals surface area contributed by atoms with E-state index in [2.05, 4.69) is 10.6 Å². The monoisotopic (exact) mass is 370 g/mol. The van der Waals surface area contributed by atoms with E-state index < -0.39 is 9.84 Å². The Kier molecular flexibility index (Phi) is 6.38. The second-order valence-electron chi connectivity index (χ2n) is 6.25. The van der Waals surface area contributed by atoms with Gasteiger partial charge in [0.1, 0.15) is 5.75 Å². The van der Waals surface area contributed by atoms with E-state index in [4.69, 9.17) is 4.74 Å². The Hall–Kier alpha value is -2.13. The SMILES string of the molecule is COc1ccc(NC(=O)C[NH+](C)CC(=O)N[C@H]2CCS(=O)(=O)C2)cc1. The maximum absolute atomic E-state index is 12.0. The van der Waals surface area contributed by atoms with Crippen molar-refractivity contribution in [3.63, 3.8) is 0 Å². The van der Waals surface area contributed by atoms with Crippen molar-refractivity contribution >= 4 is 27.3 Å². The molecule has 1 unspecified atom stereocenters. The van der Waals surface area contributed by atoms with Gasteiger partial charge in [0.25, 0.3) is 11.8 Å². The summed E-state index contributed by atoms with van der Waals surface area (Å²) >= 11 is 0. The first-order chi connectivity index (χ1) is 11.8. The molecule has 1 saturated heterocycles. The molecule has 0 bridgehead atoms. The molecule has 0 spiro atoms. The number of methoxy groups -OCH3 is 1. The van der Waals surface area contributed by atoms with Gasteiger partial charge in [0.2, 0.25) is 0 Å². The van der Waals surface area contributed by atoms with Gasteiger partial charge in [0, 0.05) is 11.7 Å². The lowest BCUT2D eigenvalue weighted by Crippen LogP contribution is -3.11. The van der Waals surface area contributed by atoms with Crippen molar-refractivity contribution in [2.24, 2.45) is 0 Å². The third-order valence-corrected chi connectivity index (χ3v) is 5.66. The van der Waals surface area contributed by atoms with Crippen molar-refractivity contribution < 1.29 is 27.6 Å². The molecule has 1 aromatic rings. The highest BCUT2D eigenvalue weighted by Gasteiger charge is 2.29. The van der Waals surface area contributed by atoms with Gasteiger partial charge in [-0.15, -0.1) is 0 Å². The highest BCUT2D eigenvalue weighted by Crippen LogP contribution is 2.14. The second-order valence-corrected chi connectivity index (χ2v) is 8.48. The Morgan fingerprint density at radius 2 is 1.84 bits per heavy atom. The van der Waals surface area contributed by atoms with Crippen LogP contribution in [-0.2, 0) is 19.4 Å². The van der Waals surface area contributed by atoms with Crippen molar-refractivity contribution in [1.29, 1.82) is 0 Å². The molecular weight excluding hydrogens is 346 g/mol. The zero-order valence-electron chi connectivity index (χ0n) is 14.4. The Balaban J connectivity index is 1.74. The molecular formula is C16H24N3O5S+. The van der Waals surface area contributed by atoms with Gasteiger partial charge >= 0.3 is 0 Å². The summed E-state index contributed by atoms with van der Waals surface area (Å²) in [5.41, 5.74) is 0.652. The lowest BCUT2D eigenvalue weighted by atomic mass is 10.2. The van der Waals surface area contributed by atoms with E-state index in [1.165, 1.54) is 0 Å². The van der Waals surface area contributed by atoms with Crippen molar-refractivity contribution in [1.82, 2.24) is 5.32 Å². The average Bonchev–Trinajstić information content (AvgIpc) is 2.86. The van der Waals surface area contributed by atoms with Crippen LogP contribution in [0.15, 0.2) is 24.3 Å². The molecule has 2 amide bonds. The number of ether oxygens (including phenoxy) is 1. The highest BCUT2D eigenvalue weighted by molar-refractivity contribution is 7.91. The van der Waals surface area contributed by atoms with Crippen LogP contribution in [0, 0.1) is 0 Å². The lowest BCUT2D eigenvalue weighted by molar-refractivity contribution is -0.862. The number of quaternary nitrogens is 1. The first kappa shape index (κ1) is 19.2. The molecule has 138 valence electrons. The highest BCUT2D eigenvalue weighted by atomic mass is 32.2. The van der Waals surface area contributed by atoms with E-state index in [0.29, 0.717) is 22.8 Å². The first-order valence-electron chi connectivity index (χ1n) is 8.02. The van der Waals surface area contributed by atoms with Gasteiger partial charge in [-0.25, -0.2) is 8.42 Å². The number of likely N-dealkylation sites (N-methyl/N-ethyl adjacent to an activating group) is 1. The number of benzene rings is 1. The molecule has 1 aromatic carbocycles. The van der Waals surface area contributed by atoms with Crippen molar-refractivity contribution in [2.45, 2.75) is 12.5 Å². The Morgan fingerprint density at radius 3 is 2.40 bits per heavy atom. The van der Waals surface area contributed by atoms with Crippen LogP contribution in [-0.4, -0.2) is 65.0 Å². The number of rotatable bonds is 7. The minimum atomic E-state index is -3.02.